The number of azo groups is 1. The molecule has 0 atom stereocenters. The fourth-order valence-electron chi connectivity index (χ4n) is 2.97. The molecule has 1 aliphatic rings. The van der Waals surface area contributed by atoms with E-state index in [4.69, 9.17) is 4.84 Å². The molecule has 0 aromatic heterocycles. The Morgan fingerprint density at radius 2 is 1.47 bits per heavy atom. The highest BCUT2D eigenvalue weighted by Crippen LogP contribution is 2.23. The summed E-state index contributed by atoms with van der Waals surface area (Å²) in [5.41, 5.74) is 2.99. The minimum absolute atomic E-state index is 0.0735. The average Bonchev–Trinajstić information content (AvgIpc) is 3.19. The molecule has 1 fully saturated rings. The number of rotatable bonds is 12. The number of imide groups is 1. The Bertz CT molecular complexity index is 1090. The van der Waals surface area contributed by atoms with Gasteiger partial charge in [0, 0.05) is 56.2 Å². The smallest absolute Gasteiger partial charge is 0.334 e. The molecule has 0 bridgehead atoms. The Balaban J connectivity index is 1.30. The van der Waals surface area contributed by atoms with E-state index in [0.717, 1.165) is 11.4 Å². The Morgan fingerprint density at radius 3 is 2.06 bits per heavy atom. The van der Waals surface area contributed by atoms with Gasteiger partial charge in [0.1, 0.15) is 0 Å². The van der Waals surface area contributed by atoms with Crippen LogP contribution in [0, 0.1) is 0 Å². The van der Waals surface area contributed by atoms with Gasteiger partial charge in [-0.2, -0.15) is 10.2 Å². The normalized spacial score (nSPS) is 13.3. The lowest BCUT2D eigenvalue weighted by atomic mass is 10.2. The molecule has 190 valence electrons. The lowest BCUT2D eigenvalue weighted by Gasteiger charge is -2.12. The number of anilines is 1. The Kier molecular flexibility index (Phi) is 10.3. The van der Waals surface area contributed by atoms with Gasteiger partial charge in [-0.25, -0.2) is 4.79 Å². The maximum absolute atomic E-state index is 12.3. The van der Waals surface area contributed by atoms with E-state index in [1.165, 1.54) is 21.6 Å². The van der Waals surface area contributed by atoms with Crippen LogP contribution in [0.25, 0.3) is 0 Å². The maximum Gasteiger partial charge on any atom is 0.334 e. The van der Waals surface area contributed by atoms with Gasteiger partial charge in [0.25, 0.3) is 17.7 Å². The van der Waals surface area contributed by atoms with Crippen molar-refractivity contribution in [3.63, 3.8) is 0 Å². The topological polar surface area (TPSA) is 121 Å². The van der Waals surface area contributed by atoms with Gasteiger partial charge in [-0.15, -0.1) is 5.06 Å². The van der Waals surface area contributed by atoms with E-state index in [1.54, 1.807) is 24.3 Å². The van der Waals surface area contributed by atoms with Crippen LogP contribution in [0.15, 0.2) is 58.8 Å². The highest BCUT2D eigenvalue weighted by atomic mass is 33.1. The first-order chi connectivity index (χ1) is 17.3. The van der Waals surface area contributed by atoms with Crippen LogP contribution in [0.4, 0.5) is 17.1 Å². The number of carbonyl (C=O) groups is 4. The van der Waals surface area contributed by atoms with Crippen LogP contribution in [0.1, 0.15) is 29.6 Å². The fourth-order valence-corrected chi connectivity index (χ4v) is 4.85. The molecule has 2 aromatic rings. The molecule has 12 heteroatoms. The van der Waals surface area contributed by atoms with Crippen molar-refractivity contribution in [2.75, 3.05) is 37.0 Å². The largest absolute Gasteiger partial charge is 0.378 e. The summed E-state index contributed by atoms with van der Waals surface area (Å²) in [5, 5.41) is 11.8. The number of benzene rings is 2. The van der Waals surface area contributed by atoms with Gasteiger partial charge >= 0.3 is 5.97 Å². The molecule has 1 heterocycles. The van der Waals surface area contributed by atoms with Gasteiger partial charge in [-0.3, -0.25) is 14.4 Å². The highest BCUT2D eigenvalue weighted by Gasteiger charge is 2.32. The van der Waals surface area contributed by atoms with Gasteiger partial charge in [0.2, 0.25) is 0 Å². The van der Waals surface area contributed by atoms with Gasteiger partial charge in [0.15, 0.2) is 0 Å². The van der Waals surface area contributed by atoms with E-state index in [0.29, 0.717) is 34.4 Å². The summed E-state index contributed by atoms with van der Waals surface area (Å²) in [6, 6.07) is 14.6. The molecule has 3 amide bonds. The van der Waals surface area contributed by atoms with Crippen LogP contribution in [-0.2, 0) is 19.2 Å². The molecule has 36 heavy (non-hydrogen) atoms. The molecule has 3 rings (SSSR count). The van der Waals surface area contributed by atoms with Crippen molar-refractivity contribution in [2.24, 2.45) is 10.2 Å². The zero-order valence-electron chi connectivity index (χ0n) is 20.0. The molecule has 1 N–H and O–H groups in total. The molecule has 2 aromatic carbocycles. The van der Waals surface area contributed by atoms with E-state index in [9.17, 15) is 19.2 Å². The SMILES string of the molecule is CN(C)c1ccc(N=Nc2ccc(C(=O)NCCSSCCC(=O)ON3C(=O)CCC3=O)cc2)cc1. The van der Waals surface area contributed by atoms with Crippen LogP contribution < -0.4 is 10.2 Å². The van der Waals surface area contributed by atoms with Gasteiger partial charge < -0.3 is 15.1 Å². The van der Waals surface area contributed by atoms with Crippen LogP contribution in [0.3, 0.4) is 0 Å². The van der Waals surface area contributed by atoms with Gasteiger partial charge in [0.05, 0.1) is 17.8 Å². The number of amides is 3. The Labute approximate surface area is 217 Å². The molecule has 0 spiro atoms. The molecule has 0 unspecified atom stereocenters. The van der Waals surface area contributed by atoms with Gasteiger partial charge in [-0.1, -0.05) is 21.6 Å². The third-order valence-corrected chi connectivity index (χ3v) is 7.33. The molecule has 10 nitrogen and oxygen atoms in total. The van der Waals surface area contributed by atoms with Crippen LogP contribution >= 0.6 is 21.6 Å². The average molecular weight is 530 g/mol. The molecule has 0 saturated carbocycles. The monoisotopic (exact) mass is 529 g/mol. The second-order valence-corrected chi connectivity index (χ2v) is 10.6. The fraction of sp³-hybridized carbons (Fsp3) is 0.333. The summed E-state index contributed by atoms with van der Waals surface area (Å²) in [4.78, 5) is 53.7. The lowest BCUT2D eigenvalue weighted by Crippen LogP contribution is -2.32. The first-order valence-electron chi connectivity index (χ1n) is 11.2. The lowest BCUT2D eigenvalue weighted by molar-refractivity contribution is -0.197. The Morgan fingerprint density at radius 1 is 0.917 bits per heavy atom. The number of carbonyl (C=O) groups excluding carboxylic acids is 4. The summed E-state index contributed by atoms with van der Waals surface area (Å²) in [6.07, 6.45) is 0.223. The molecule has 1 aliphatic heterocycles. The van der Waals surface area contributed by atoms with Crippen molar-refractivity contribution in [3.8, 4) is 0 Å². The van der Waals surface area contributed by atoms with E-state index in [1.807, 2.05) is 43.3 Å². The number of hydroxylamine groups is 2. The van der Waals surface area contributed by atoms with E-state index < -0.39 is 17.8 Å². The van der Waals surface area contributed by atoms with Crippen molar-refractivity contribution in [1.82, 2.24) is 10.4 Å². The predicted octanol–water partition coefficient (Wildman–Crippen LogP) is 4.28. The quantitative estimate of drug-likeness (QED) is 0.187. The molecule has 0 aliphatic carbocycles. The second-order valence-electron chi connectivity index (χ2n) is 7.85. The summed E-state index contributed by atoms with van der Waals surface area (Å²) in [7, 11) is 6.89. The van der Waals surface area contributed by atoms with E-state index >= 15 is 0 Å². The van der Waals surface area contributed by atoms with Crippen molar-refractivity contribution in [2.45, 2.75) is 19.3 Å². The second kappa shape index (κ2) is 13.6. The summed E-state index contributed by atoms with van der Waals surface area (Å²) in [5.74, 6) is -0.680. The number of nitrogens with one attached hydrogen (secondary N) is 1. The predicted molar refractivity (Wildman–Crippen MR) is 140 cm³/mol. The first kappa shape index (κ1) is 27.2. The van der Waals surface area contributed by atoms with Crippen molar-refractivity contribution < 1.29 is 24.0 Å². The van der Waals surface area contributed by atoms with Crippen molar-refractivity contribution in [3.05, 3.63) is 54.1 Å². The minimum atomic E-state index is -0.620. The number of hydrogen-bond donors (Lipinski definition) is 1. The van der Waals surface area contributed by atoms with E-state index in [-0.39, 0.29) is 25.2 Å². The third-order valence-electron chi connectivity index (χ3n) is 4.92. The minimum Gasteiger partial charge on any atom is -0.378 e. The van der Waals surface area contributed by atoms with E-state index in [2.05, 4.69) is 15.5 Å². The molecule has 1 saturated heterocycles. The molecular formula is C24H27N5O5S2. The number of nitrogens with zero attached hydrogens (tertiary/aromatic N) is 4. The maximum atomic E-state index is 12.3. The first-order valence-corrected chi connectivity index (χ1v) is 13.7. The summed E-state index contributed by atoms with van der Waals surface area (Å²) in [6.45, 7) is 0.460. The van der Waals surface area contributed by atoms with Crippen molar-refractivity contribution in [1.29, 1.82) is 0 Å². The molecule has 0 radical (unpaired) electrons. The Hall–Kier alpha value is -3.38. The van der Waals surface area contributed by atoms with Gasteiger partial charge in [-0.05, 0) is 48.5 Å². The highest BCUT2D eigenvalue weighted by molar-refractivity contribution is 8.76. The third kappa shape index (κ3) is 8.38. The summed E-state index contributed by atoms with van der Waals surface area (Å²) < 4.78 is 0. The van der Waals surface area contributed by atoms with Crippen LogP contribution in [-0.4, -0.2) is 60.9 Å². The zero-order valence-corrected chi connectivity index (χ0v) is 21.6. The molecular weight excluding hydrogens is 502 g/mol. The van der Waals surface area contributed by atoms with Crippen LogP contribution in [0.2, 0.25) is 0 Å². The van der Waals surface area contributed by atoms with Crippen LogP contribution in [0.5, 0.6) is 0 Å². The zero-order chi connectivity index (χ0) is 25.9. The number of hydrogen-bond acceptors (Lipinski definition) is 10. The van der Waals surface area contributed by atoms with Crippen molar-refractivity contribution >= 4 is 62.3 Å². The summed E-state index contributed by atoms with van der Waals surface area (Å²) >= 11 is 0. The standard InChI is InChI=1S/C24H27N5O5S2/c1-28(2)20-9-7-19(8-10-20)27-26-18-5-3-17(4-6-18)24(33)25-14-16-36-35-15-13-23(32)34-29-21(30)11-12-22(29)31/h3-10H,11-16H2,1-2H3,(H,25,33).